The summed E-state index contributed by atoms with van der Waals surface area (Å²) in [6.45, 7) is 7.83. The number of benzene rings is 2. The average molecular weight is 493 g/mol. The lowest BCUT2D eigenvalue weighted by Crippen LogP contribution is -2.40. The largest absolute Gasteiger partial charge is 0.497 e. The maximum Gasteiger partial charge on any atom is 0.338 e. The standard InChI is InChI=1S/C27H28N2O5S/c1-6-33-20-12-10-19(11-13-20)24-23(26(31)34-16(2)3)17(4)28-27-29(24)25(30)22(35-27)15-18-8-7-9-21(14-18)32-5/h7-16,24H,6H2,1-5H3/b22-15+/t24-/m0/s1. The molecule has 7 nitrogen and oxygen atoms in total. The Labute approximate surface area is 207 Å². The molecule has 0 saturated heterocycles. The molecule has 2 aromatic carbocycles. The summed E-state index contributed by atoms with van der Waals surface area (Å²) in [7, 11) is 1.60. The lowest BCUT2D eigenvalue weighted by Gasteiger charge is -2.25. The number of hydrogen-bond donors (Lipinski definition) is 0. The molecule has 2 heterocycles. The van der Waals surface area contributed by atoms with Crippen molar-refractivity contribution in [2.24, 2.45) is 4.99 Å². The maximum absolute atomic E-state index is 13.7. The van der Waals surface area contributed by atoms with Crippen LogP contribution in [0, 0.1) is 0 Å². The van der Waals surface area contributed by atoms with Crippen molar-refractivity contribution in [2.45, 2.75) is 39.8 Å². The quantitative estimate of drug-likeness (QED) is 0.471. The molecule has 0 aliphatic carbocycles. The van der Waals surface area contributed by atoms with Gasteiger partial charge in [-0.3, -0.25) is 9.36 Å². The molecule has 0 bridgehead atoms. The van der Waals surface area contributed by atoms with E-state index in [0.29, 0.717) is 38.7 Å². The van der Waals surface area contributed by atoms with E-state index in [9.17, 15) is 9.59 Å². The number of ether oxygens (including phenoxy) is 3. The number of rotatable bonds is 7. The molecule has 1 aromatic heterocycles. The van der Waals surface area contributed by atoms with E-state index in [4.69, 9.17) is 14.2 Å². The van der Waals surface area contributed by atoms with E-state index in [0.717, 1.165) is 11.1 Å². The zero-order valence-corrected chi connectivity index (χ0v) is 21.2. The highest BCUT2D eigenvalue weighted by molar-refractivity contribution is 7.07. The minimum Gasteiger partial charge on any atom is -0.497 e. The summed E-state index contributed by atoms with van der Waals surface area (Å²) < 4.78 is 18.5. The molecule has 0 N–H and O–H groups in total. The fraction of sp³-hybridized carbons (Fsp3) is 0.296. The van der Waals surface area contributed by atoms with Crippen molar-refractivity contribution in [1.29, 1.82) is 0 Å². The van der Waals surface area contributed by atoms with E-state index >= 15 is 0 Å². The van der Waals surface area contributed by atoms with Gasteiger partial charge in [0, 0.05) is 0 Å². The zero-order chi connectivity index (χ0) is 25.1. The summed E-state index contributed by atoms with van der Waals surface area (Å²) in [5.41, 5.74) is 2.26. The van der Waals surface area contributed by atoms with E-state index in [1.54, 1.807) is 32.4 Å². The highest BCUT2D eigenvalue weighted by atomic mass is 32.1. The highest BCUT2D eigenvalue weighted by Gasteiger charge is 2.33. The van der Waals surface area contributed by atoms with Crippen LogP contribution in [0.25, 0.3) is 6.08 Å². The van der Waals surface area contributed by atoms with Gasteiger partial charge in [0.05, 0.1) is 41.7 Å². The molecule has 1 aliphatic heterocycles. The van der Waals surface area contributed by atoms with Crippen LogP contribution in [-0.2, 0) is 9.53 Å². The zero-order valence-electron chi connectivity index (χ0n) is 20.4. The number of hydrogen-bond acceptors (Lipinski definition) is 7. The predicted octanol–water partition coefficient (Wildman–Crippen LogP) is 3.59. The number of carbonyl (C=O) groups excluding carboxylic acids is 1. The number of carbonyl (C=O) groups is 1. The first-order valence-electron chi connectivity index (χ1n) is 11.4. The van der Waals surface area contributed by atoms with Gasteiger partial charge in [-0.2, -0.15) is 0 Å². The van der Waals surface area contributed by atoms with Crippen LogP contribution in [0.1, 0.15) is 44.9 Å². The Morgan fingerprint density at radius 1 is 1.17 bits per heavy atom. The van der Waals surface area contributed by atoms with Crippen molar-refractivity contribution < 1.29 is 19.0 Å². The van der Waals surface area contributed by atoms with Crippen LogP contribution in [0.15, 0.2) is 69.6 Å². The van der Waals surface area contributed by atoms with Crippen LogP contribution in [0.4, 0.5) is 0 Å². The van der Waals surface area contributed by atoms with Crippen molar-refractivity contribution in [3.05, 3.63) is 90.6 Å². The molecule has 0 unspecified atom stereocenters. The molecule has 4 rings (SSSR count). The third kappa shape index (κ3) is 5.07. The number of thiazole rings is 1. The summed E-state index contributed by atoms with van der Waals surface area (Å²) in [5, 5.41) is 0. The van der Waals surface area contributed by atoms with E-state index in [1.165, 1.54) is 11.3 Å². The van der Waals surface area contributed by atoms with Gasteiger partial charge in [0.15, 0.2) is 4.80 Å². The number of methoxy groups -OCH3 is 1. The number of aromatic nitrogens is 1. The molecule has 0 radical (unpaired) electrons. The van der Waals surface area contributed by atoms with Gasteiger partial charge in [-0.1, -0.05) is 35.6 Å². The van der Waals surface area contributed by atoms with Gasteiger partial charge in [-0.25, -0.2) is 9.79 Å². The van der Waals surface area contributed by atoms with Crippen molar-refractivity contribution in [2.75, 3.05) is 13.7 Å². The van der Waals surface area contributed by atoms with Gasteiger partial charge in [0.25, 0.3) is 5.56 Å². The van der Waals surface area contributed by atoms with E-state index in [-0.39, 0.29) is 11.7 Å². The smallest absolute Gasteiger partial charge is 0.338 e. The third-order valence-corrected chi connectivity index (χ3v) is 6.47. The lowest BCUT2D eigenvalue weighted by atomic mass is 9.96. The normalized spacial score (nSPS) is 15.6. The summed E-state index contributed by atoms with van der Waals surface area (Å²) in [4.78, 5) is 32.0. The number of nitrogens with zero attached hydrogens (tertiary/aromatic N) is 2. The molecule has 1 atom stereocenters. The van der Waals surface area contributed by atoms with Crippen molar-refractivity contribution in [3.63, 3.8) is 0 Å². The SMILES string of the molecule is CCOc1ccc([C@H]2C(C(=O)OC(C)C)=C(C)N=c3s/c(=C/c4cccc(OC)c4)c(=O)n32)cc1. The molecule has 0 fully saturated rings. The molecule has 1 aliphatic rings. The second-order valence-electron chi connectivity index (χ2n) is 8.31. The van der Waals surface area contributed by atoms with Gasteiger partial charge in [-0.15, -0.1) is 0 Å². The highest BCUT2D eigenvalue weighted by Crippen LogP contribution is 2.32. The average Bonchev–Trinajstić information content (AvgIpc) is 3.13. The van der Waals surface area contributed by atoms with E-state index in [2.05, 4.69) is 4.99 Å². The summed E-state index contributed by atoms with van der Waals surface area (Å²) in [6, 6.07) is 14.2. The van der Waals surface area contributed by atoms with Gasteiger partial charge < -0.3 is 14.2 Å². The van der Waals surface area contributed by atoms with Crippen LogP contribution < -0.4 is 24.4 Å². The number of esters is 1. The third-order valence-electron chi connectivity index (χ3n) is 5.48. The molecular weight excluding hydrogens is 464 g/mol. The van der Waals surface area contributed by atoms with Crippen LogP contribution >= 0.6 is 11.3 Å². The van der Waals surface area contributed by atoms with Crippen molar-refractivity contribution in [3.8, 4) is 11.5 Å². The fourth-order valence-corrected chi connectivity index (χ4v) is 5.02. The first kappa shape index (κ1) is 24.5. The van der Waals surface area contributed by atoms with Crippen LogP contribution in [0.3, 0.4) is 0 Å². The maximum atomic E-state index is 13.7. The monoisotopic (exact) mass is 492 g/mol. The molecule has 182 valence electrons. The first-order valence-corrected chi connectivity index (χ1v) is 12.2. The molecule has 8 heteroatoms. The van der Waals surface area contributed by atoms with Gasteiger partial charge in [0.2, 0.25) is 0 Å². The Kier molecular flexibility index (Phi) is 7.21. The van der Waals surface area contributed by atoms with Crippen LogP contribution in [0.5, 0.6) is 11.5 Å². The molecular formula is C27H28N2O5S. The molecule has 3 aromatic rings. The minimum atomic E-state index is -0.666. The second-order valence-corrected chi connectivity index (χ2v) is 9.32. The Hall–Kier alpha value is -3.65. The second kappa shape index (κ2) is 10.3. The van der Waals surface area contributed by atoms with Gasteiger partial charge in [0.1, 0.15) is 11.5 Å². The van der Waals surface area contributed by atoms with E-state index < -0.39 is 12.0 Å². The summed E-state index contributed by atoms with van der Waals surface area (Å²) in [5.74, 6) is 0.934. The van der Waals surface area contributed by atoms with E-state index in [1.807, 2.05) is 61.5 Å². The predicted molar refractivity (Wildman–Crippen MR) is 136 cm³/mol. The van der Waals surface area contributed by atoms with Gasteiger partial charge >= 0.3 is 5.97 Å². The number of fused-ring (bicyclic) bond motifs is 1. The van der Waals surface area contributed by atoms with Crippen molar-refractivity contribution in [1.82, 2.24) is 4.57 Å². The van der Waals surface area contributed by atoms with Crippen LogP contribution in [0.2, 0.25) is 0 Å². The lowest BCUT2D eigenvalue weighted by molar-refractivity contribution is -0.143. The number of allylic oxidation sites excluding steroid dienone is 1. The minimum absolute atomic E-state index is 0.224. The first-order chi connectivity index (χ1) is 16.8. The Morgan fingerprint density at radius 3 is 2.57 bits per heavy atom. The molecule has 35 heavy (non-hydrogen) atoms. The fourth-order valence-electron chi connectivity index (χ4n) is 3.97. The topological polar surface area (TPSA) is 79.1 Å². The van der Waals surface area contributed by atoms with Crippen LogP contribution in [-0.4, -0.2) is 30.4 Å². The Balaban J connectivity index is 1.90. The van der Waals surface area contributed by atoms with Crippen molar-refractivity contribution >= 4 is 23.4 Å². The molecule has 0 spiro atoms. The summed E-state index contributed by atoms with van der Waals surface area (Å²) >= 11 is 1.29. The Bertz CT molecular complexity index is 1450. The molecule has 0 amide bonds. The summed E-state index contributed by atoms with van der Waals surface area (Å²) in [6.07, 6.45) is 1.51. The van der Waals surface area contributed by atoms with Gasteiger partial charge in [-0.05, 0) is 69.2 Å². The molecule has 0 saturated carbocycles. The Morgan fingerprint density at radius 2 is 1.91 bits per heavy atom.